The molecule has 3 rings (SSSR count). The third-order valence-electron chi connectivity index (χ3n) is 2.57. The minimum atomic E-state index is 0.725. The van der Waals surface area contributed by atoms with Gasteiger partial charge in [-0.3, -0.25) is 4.40 Å². The highest BCUT2D eigenvalue weighted by Crippen LogP contribution is 2.15. The van der Waals surface area contributed by atoms with E-state index in [1.165, 1.54) is 11.3 Å². The molecule has 5 nitrogen and oxygen atoms in total. The molecule has 6 heteroatoms. The summed E-state index contributed by atoms with van der Waals surface area (Å²) in [5, 5.41) is 3.34. The van der Waals surface area contributed by atoms with Crippen LogP contribution in [0.1, 0.15) is 16.3 Å². The summed E-state index contributed by atoms with van der Waals surface area (Å²) in [6.07, 6.45) is 7.33. The lowest BCUT2D eigenvalue weighted by Gasteiger charge is -1.99. The zero-order valence-electron chi connectivity index (χ0n) is 9.38. The topological polar surface area (TPSA) is 55.4 Å². The number of thiazole rings is 1. The van der Waals surface area contributed by atoms with Crippen molar-refractivity contribution in [3.8, 4) is 0 Å². The molecule has 0 radical (unpaired) electrons. The predicted octanol–water partition coefficient (Wildman–Crippen LogP) is 1.98. The monoisotopic (exact) mass is 248 g/mol. The molecule has 1 N–H and O–H groups in total. The lowest BCUT2D eigenvalue weighted by molar-refractivity contribution is 0.522. The number of fused-ring (bicyclic) bond motifs is 1. The third-order valence-corrected chi connectivity index (χ3v) is 3.59. The normalized spacial score (nSPS) is 11.4. The van der Waals surface area contributed by atoms with E-state index in [4.69, 9.17) is 4.42 Å². The largest absolute Gasteiger partial charge is 0.448 e. The molecule has 0 saturated heterocycles. The molecule has 0 aliphatic carbocycles. The number of rotatable bonds is 4. The molecule has 0 saturated carbocycles. The first-order valence-corrected chi connectivity index (χ1v) is 6.15. The van der Waals surface area contributed by atoms with Gasteiger partial charge in [0.25, 0.3) is 0 Å². The fourth-order valence-corrected chi connectivity index (χ4v) is 2.57. The first-order chi connectivity index (χ1) is 8.33. The molecule has 0 aromatic carbocycles. The van der Waals surface area contributed by atoms with Crippen molar-refractivity contribution in [3.05, 3.63) is 41.3 Å². The molecule has 0 atom stereocenters. The van der Waals surface area contributed by atoms with E-state index in [2.05, 4.69) is 21.5 Å². The Balaban J connectivity index is 1.61. The van der Waals surface area contributed by atoms with E-state index in [0.717, 1.165) is 29.5 Å². The van der Waals surface area contributed by atoms with Gasteiger partial charge in [0.2, 0.25) is 0 Å². The van der Waals surface area contributed by atoms with E-state index in [0.29, 0.717) is 0 Å². The van der Waals surface area contributed by atoms with Gasteiger partial charge in [-0.25, -0.2) is 9.97 Å². The summed E-state index contributed by atoms with van der Waals surface area (Å²) in [7, 11) is 0. The van der Waals surface area contributed by atoms with Crippen LogP contribution in [0.2, 0.25) is 0 Å². The first kappa shape index (κ1) is 10.5. The molecular weight excluding hydrogens is 236 g/mol. The first-order valence-electron chi connectivity index (χ1n) is 5.34. The zero-order valence-corrected chi connectivity index (χ0v) is 10.2. The van der Waals surface area contributed by atoms with Gasteiger partial charge < -0.3 is 9.73 Å². The molecule has 0 fully saturated rings. The molecule has 3 heterocycles. The van der Waals surface area contributed by atoms with Crippen LogP contribution in [-0.2, 0) is 13.1 Å². The van der Waals surface area contributed by atoms with Crippen LogP contribution in [0.25, 0.3) is 4.96 Å². The van der Waals surface area contributed by atoms with Crippen LogP contribution >= 0.6 is 11.3 Å². The van der Waals surface area contributed by atoms with Crippen molar-refractivity contribution < 1.29 is 4.42 Å². The van der Waals surface area contributed by atoms with E-state index >= 15 is 0 Å². The maximum atomic E-state index is 5.14. The van der Waals surface area contributed by atoms with Crippen LogP contribution in [0.5, 0.6) is 0 Å². The van der Waals surface area contributed by atoms with E-state index < -0.39 is 0 Å². The third kappa shape index (κ3) is 2.09. The number of aryl methyl sites for hydroxylation is 1. The number of nitrogens with one attached hydrogen (secondary N) is 1. The van der Waals surface area contributed by atoms with Crippen molar-refractivity contribution in [2.45, 2.75) is 20.0 Å². The van der Waals surface area contributed by atoms with Crippen molar-refractivity contribution in [1.82, 2.24) is 19.7 Å². The molecule has 3 aromatic rings. The number of hydrogen-bond acceptors (Lipinski definition) is 5. The van der Waals surface area contributed by atoms with Gasteiger partial charge in [0, 0.05) is 36.6 Å². The van der Waals surface area contributed by atoms with Crippen molar-refractivity contribution in [1.29, 1.82) is 0 Å². The number of oxazole rings is 1. The van der Waals surface area contributed by atoms with E-state index in [9.17, 15) is 0 Å². The van der Waals surface area contributed by atoms with Crippen LogP contribution < -0.4 is 5.32 Å². The molecule has 3 aromatic heterocycles. The van der Waals surface area contributed by atoms with E-state index in [-0.39, 0.29) is 0 Å². The highest BCUT2D eigenvalue weighted by Gasteiger charge is 2.04. The Morgan fingerprint density at radius 2 is 2.35 bits per heavy atom. The second kappa shape index (κ2) is 4.31. The van der Waals surface area contributed by atoms with Gasteiger partial charge in [-0.05, 0) is 6.92 Å². The van der Waals surface area contributed by atoms with Crippen LogP contribution in [0, 0.1) is 6.92 Å². The van der Waals surface area contributed by atoms with Gasteiger partial charge in [0.05, 0.1) is 5.69 Å². The van der Waals surface area contributed by atoms with Gasteiger partial charge in [-0.15, -0.1) is 11.3 Å². The molecule has 0 amide bonds. The Labute approximate surface area is 102 Å². The second-order valence-corrected chi connectivity index (χ2v) is 4.87. The number of nitrogens with zero attached hydrogens (tertiary/aromatic N) is 3. The number of aromatic nitrogens is 3. The van der Waals surface area contributed by atoms with Crippen LogP contribution in [-0.4, -0.2) is 14.4 Å². The summed E-state index contributed by atoms with van der Waals surface area (Å²) < 4.78 is 7.17. The molecule has 0 aliphatic rings. The van der Waals surface area contributed by atoms with Crippen molar-refractivity contribution in [2.24, 2.45) is 0 Å². The number of hydrogen-bond donors (Lipinski definition) is 1. The van der Waals surface area contributed by atoms with Crippen molar-refractivity contribution >= 4 is 16.3 Å². The van der Waals surface area contributed by atoms with Gasteiger partial charge >= 0.3 is 0 Å². The standard InChI is InChI=1S/C11H12N4OS/c1-8-10(14-7-16-8)5-12-4-9-6-15-3-2-13-11(15)17-9/h2-3,6-7,12H,4-5H2,1H3. The second-order valence-electron chi connectivity index (χ2n) is 3.77. The molecule has 0 aliphatic heterocycles. The van der Waals surface area contributed by atoms with E-state index in [1.807, 2.05) is 23.7 Å². The Kier molecular flexibility index (Phi) is 2.66. The fourth-order valence-electron chi connectivity index (χ4n) is 1.66. The minimum Gasteiger partial charge on any atom is -0.448 e. The smallest absolute Gasteiger partial charge is 0.193 e. The zero-order chi connectivity index (χ0) is 11.7. The average Bonchev–Trinajstić information content (AvgIpc) is 2.95. The summed E-state index contributed by atoms with van der Waals surface area (Å²) >= 11 is 1.69. The maximum Gasteiger partial charge on any atom is 0.193 e. The quantitative estimate of drug-likeness (QED) is 0.767. The predicted molar refractivity (Wildman–Crippen MR) is 64.9 cm³/mol. The highest BCUT2D eigenvalue weighted by atomic mass is 32.1. The van der Waals surface area contributed by atoms with E-state index in [1.54, 1.807) is 11.3 Å². The Morgan fingerprint density at radius 1 is 1.41 bits per heavy atom. The lowest BCUT2D eigenvalue weighted by Crippen LogP contribution is -2.12. The minimum absolute atomic E-state index is 0.725. The van der Waals surface area contributed by atoms with Crippen LogP contribution in [0.4, 0.5) is 0 Å². The van der Waals surface area contributed by atoms with Gasteiger partial charge in [0.1, 0.15) is 5.76 Å². The summed E-state index contributed by atoms with van der Waals surface area (Å²) in [5.74, 6) is 0.874. The number of imidazole rings is 1. The average molecular weight is 248 g/mol. The van der Waals surface area contributed by atoms with Crippen LogP contribution in [0.15, 0.2) is 29.4 Å². The lowest BCUT2D eigenvalue weighted by atomic mass is 10.3. The molecule has 88 valence electrons. The molecule has 0 spiro atoms. The summed E-state index contributed by atoms with van der Waals surface area (Å²) in [6, 6.07) is 0. The van der Waals surface area contributed by atoms with Crippen molar-refractivity contribution in [3.63, 3.8) is 0 Å². The van der Waals surface area contributed by atoms with Gasteiger partial charge in [-0.1, -0.05) is 0 Å². The molecular formula is C11H12N4OS. The summed E-state index contributed by atoms with van der Waals surface area (Å²) in [4.78, 5) is 10.7. The highest BCUT2D eigenvalue weighted by molar-refractivity contribution is 7.17. The Bertz CT molecular complexity index is 596. The molecule has 0 unspecified atom stereocenters. The van der Waals surface area contributed by atoms with Crippen molar-refractivity contribution in [2.75, 3.05) is 0 Å². The van der Waals surface area contributed by atoms with Gasteiger partial charge in [0.15, 0.2) is 11.4 Å². The molecule has 17 heavy (non-hydrogen) atoms. The molecule has 0 bridgehead atoms. The van der Waals surface area contributed by atoms with Gasteiger partial charge in [-0.2, -0.15) is 0 Å². The Morgan fingerprint density at radius 3 is 3.12 bits per heavy atom. The SMILES string of the molecule is Cc1ocnc1CNCc1cn2ccnc2s1. The Hall–Kier alpha value is -1.66. The maximum absolute atomic E-state index is 5.14. The summed E-state index contributed by atoms with van der Waals surface area (Å²) in [6.45, 7) is 3.46. The fraction of sp³-hybridized carbons (Fsp3) is 0.273. The summed E-state index contributed by atoms with van der Waals surface area (Å²) in [5.41, 5.74) is 0.964. The van der Waals surface area contributed by atoms with Crippen LogP contribution in [0.3, 0.4) is 0 Å².